The molecule has 0 aliphatic carbocycles. The number of methoxy groups -OCH3 is 1. The van der Waals surface area contributed by atoms with E-state index in [0.29, 0.717) is 21.6 Å². The van der Waals surface area contributed by atoms with Crippen LogP contribution in [0.3, 0.4) is 0 Å². The zero-order chi connectivity index (χ0) is 40.9. The Bertz CT molecular complexity index is 2330. The van der Waals surface area contributed by atoms with Crippen molar-refractivity contribution >= 4 is 68.8 Å². The highest BCUT2D eigenvalue weighted by atomic mass is 35.5. The number of nitro benzene ring substituents is 2. The molecule has 3 aliphatic heterocycles. The standard InChI is InChI=1S/C37H37N6O12S2.ClH/c1-19-28(31(41-30(19)29(20(2)44)32(41)45)36(47)54-16-21-5-9-23(10-6-21)42(49)50)27-15-38-18-40(34(56-4)33(38)57-27)25-13-26(35(46)53-3)39(14-25)37(48)55-17-22-7-11-24(12-8-22)43(51)52;/h5-12,15,18-20,25-26,29-30,44H,13-14,16-17H2,1-4H3;1H/q+1;/p-1/t19-,20+,25-,26-,29+,30+;/m0./s1. The molecule has 2 fully saturated rings. The molecule has 0 unspecified atom stereocenters. The second-order valence-corrected chi connectivity index (χ2v) is 15.7. The van der Waals surface area contributed by atoms with Gasteiger partial charge in [-0.05, 0) is 48.6 Å². The number of aliphatic hydroxyl groups is 1. The molecule has 2 aromatic heterocycles. The number of hydrogen-bond donors (Lipinski definition) is 1. The molecule has 5 heterocycles. The summed E-state index contributed by atoms with van der Waals surface area (Å²) >= 11 is 2.84. The Kier molecular flexibility index (Phi) is 12.1. The zero-order valence-corrected chi connectivity index (χ0v) is 33.8. The third-order valence-corrected chi connectivity index (χ3v) is 12.7. The Morgan fingerprint density at radius 3 is 2.14 bits per heavy atom. The lowest BCUT2D eigenvalue weighted by Gasteiger charge is -2.46. The van der Waals surface area contributed by atoms with E-state index in [1.54, 1.807) is 6.92 Å². The molecule has 7 rings (SSSR count). The van der Waals surface area contributed by atoms with E-state index in [-0.39, 0.29) is 73.5 Å². The fourth-order valence-corrected chi connectivity index (χ4v) is 10.0. The van der Waals surface area contributed by atoms with Crippen LogP contribution in [0.2, 0.25) is 0 Å². The summed E-state index contributed by atoms with van der Waals surface area (Å²) in [7, 11) is 1.24. The number of benzene rings is 2. The number of aliphatic hydroxyl groups excluding tert-OH is 1. The molecular weight excluding hydrogens is 820 g/mol. The summed E-state index contributed by atoms with van der Waals surface area (Å²) in [5.41, 5.74) is 1.52. The van der Waals surface area contributed by atoms with Crippen LogP contribution in [0.15, 0.2) is 71.8 Å². The number of likely N-dealkylation sites (tertiary alicyclic amines) is 1. The fourth-order valence-electron chi connectivity index (χ4n) is 7.82. The number of aromatic nitrogens is 2. The lowest BCUT2D eigenvalue weighted by Crippen LogP contribution is -3.00. The number of carbonyl (C=O) groups is 4. The van der Waals surface area contributed by atoms with E-state index in [1.165, 1.54) is 88.5 Å². The molecule has 21 heteroatoms. The Labute approximate surface area is 344 Å². The average Bonchev–Trinajstić information content (AvgIpc) is 3.95. The SMILES string of the molecule is COC(=O)[C@@H]1C[C@H]([n+]2cn3cc(C4=C(C(=O)OCc5ccc([N+](=O)[O-])cc5)N5C(=O)[C@H]([C@@H](C)O)[C@H]5[C@H]4C)sc3c2SC)CN1C(=O)OCc1ccc([N+](=O)[O-])cc1.[Cl-]. The largest absolute Gasteiger partial charge is 1.00 e. The third kappa shape index (κ3) is 7.47. The number of rotatable bonds is 12. The van der Waals surface area contributed by atoms with Gasteiger partial charge < -0.3 is 36.6 Å². The van der Waals surface area contributed by atoms with Crippen molar-refractivity contribution in [3.05, 3.63) is 103 Å². The molecule has 3 aliphatic rings. The van der Waals surface area contributed by atoms with Crippen molar-refractivity contribution in [1.82, 2.24) is 14.2 Å². The molecule has 0 spiro atoms. The summed E-state index contributed by atoms with van der Waals surface area (Å²) in [6.45, 7) is 3.21. The van der Waals surface area contributed by atoms with Gasteiger partial charge in [0.15, 0.2) is 0 Å². The molecule has 2 amide bonds. The molecule has 6 atom stereocenters. The Balaban J connectivity index is 0.00000567. The van der Waals surface area contributed by atoms with Crippen molar-refractivity contribution < 1.29 is 65.3 Å². The quantitative estimate of drug-likeness (QED) is 0.0405. The molecular formula is C37H37ClN6O12S2. The summed E-state index contributed by atoms with van der Waals surface area (Å²) < 4.78 is 20.1. The average molecular weight is 857 g/mol. The van der Waals surface area contributed by atoms with Crippen LogP contribution in [0.5, 0.6) is 0 Å². The number of hydrogen-bond acceptors (Lipinski definition) is 14. The second kappa shape index (κ2) is 16.7. The molecule has 1 N–H and O–H groups in total. The number of imidazole rings is 1. The maximum absolute atomic E-state index is 13.8. The number of fused-ring (bicyclic) bond motifs is 2. The molecule has 0 bridgehead atoms. The Morgan fingerprint density at radius 2 is 1.60 bits per heavy atom. The van der Waals surface area contributed by atoms with Crippen molar-refractivity contribution in [2.45, 2.75) is 62.7 Å². The van der Waals surface area contributed by atoms with Gasteiger partial charge in [0.05, 0.1) is 46.4 Å². The second-order valence-electron chi connectivity index (χ2n) is 13.9. The molecule has 0 radical (unpaired) electrons. The molecule has 2 aromatic carbocycles. The summed E-state index contributed by atoms with van der Waals surface area (Å²) in [5.74, 6) is -2.79. The minimum Gasteiger partial charge on any atom is -1.00 e. The number of β-lactam (4-membered cyclic amide) rings is 1. The normalized spacial score (nSPS) is 21.6. The molecule has 58 heavy (non-hydrogen) atoms. The highest BCUT2D eigenvalue weighted by Crippen LogP contribution is 2.52. The number of carbonyl (C=O) groups excluding carboxylic acids is 4. The fraction of sp³-hybridized carbons (Fsp3) is 0.378. The molecule has 0 saturated carbocycles. The molecule has 18 nitrogen and oxygen atoms in total. The van der Waals surface area contributed by atoms with Gasteiger partial charge in [-0.15, -0.1) is 0 Å². The van der Waals surface area contributed by atoms with E-state index < -0.39 is 52.0 Å². The first-order valence-corrected chi connectivity index (χ1v) is 19.8. The van der Waals surface area contributed by atoms with E-state index >= 15 is 0 Å². The van der Waals surface area contributed by atoms with E-state index in [4.69, 9.17) is 14.2 Å². The summed E-state index contributed by atoms with van der Waals surface area (Å²) in [4.78, 5) is 78.8. The van der Waals surface area contributed by atoms with E-state index in [1.807, 2.05) is 34.7 Å². The molecule has 2 saturated heterocycles. The first-order chi connectivity index (χ1) is 27.2. The summed E-state index contributed by atoms with van der Waals surface area (Å²) in [6.07, 6.45) is 4.13. The van der Waals surface area contributed by atoms with Gasteiger partial charge in [-0.2, -0.15) is 4.40 Å². The van der Waals surface area contributed by atoms with Crippen LogP contribution in [-0.2, 0) is 41.8 Å². The number of nitro groups is 2. The van der Waals surface area contributed by atoms with Crippen molar-refractivity contribution in [3.8, 4) is 0 Å². The number of non-ortho nitro benzene ring substituents is 2. The van der Waals surface area contributed by atoms with Crippen molar-refractivity contribution in [1.29, 1.82) is 0 Å². The number of ether oxygens (including phenoxy) is 3. The Morgan fingerprint density at radius 1 is 1.02 bits per heavy atom. The topological polar surface area (TPSA) is 217 Å². The van der Waals surface area contributed by atoms with Crippen LogP contribution in [-0.4, -0.2) is 91.2 Å². The minimum atomic E-state index is -0.946. The first kappa shape index (κ1) is 42.0. The van der Waals surface area contributed by atoms with Gasteiger partial charge in [-0.1, -0.05) is 30.0 Å². The molecule has 4 aromatic rings. The van der Waals surface area contributed by atoms with Crippen LogP contribution in [0.1, 0.15) is 42.3 Å². The number of esters is 2. The number of halogens is 1. The predicted octanol–water partition coefficient (Wildman–Crippen LogP) is 1.27. The number of thiazole rings is 1. The van der Waals surface area contributed by atoms with Crippen LogP contribution < -0.4 is 17.0 Å². The first-order valence-electron chi connectivity index (χ1n) is 17.7. The summed E-state index contributed by atoms with van der Waals surface area (Å²) in [6, 6.07) is 9.43. The van der Waals surface area contributed by atoms with Crippen LogP contribution >= 0.6 is 23.1 Å². The van der Waals surface area contributed by atoms with Crippen LogP contribution in [0.4, 0.5) is 16.2 Å². The van der Waals surface area contributed by atoms with Gasteiger partial charge in [-0.3, -0.25) is 29.9 Å². The number of thioether (sulfide) groups is 1. The smallest absolute Gasteiger partial charge is 0.411 e. The molecule has 306 valence electrons. The lowest BCUT2D eigenvalue weighted by molar-refractivity contribution is -0.751. The van der Waals surface area contributed by atoms with Crippen LogP contribution in [0.25, 0.3) is 10.4 Å². The summed E-state index contributed by atoms with van der Waals surface area (Å²) in [5, 5.41) is 33.4. The van der Waals surface area contributed by atoms with E-state index in [0.717, 1.165) is 9.86 Å². The Hall–Kier alpha value is -5.57. The van der Waals surface area contributed by atoms with Gasteiger partial charge in [0, 0.05) is 42.2 Å². The van der Waals surface area contributed by atoms with E-state index in [9.17, 15) is 44.5 Å². The predicted molar refractivity (Wildman–Crippen MR) is 201 cm³/mol. The van der Waals surface area contributed by atoms with E-state index in [2.05, 4.69) is 0 Å². The lowest BCUT2D eigenvalue weighted by atomic mass is 9.77. The van der Waals surface area contributed by atoms with Gasteiger partial charge in [0.1, 0.15) is 37.2 Å². The maximum atomic E-state index is 13.8. The highest BCUT2D eigenvalue weighted by Gasteiger charge is 2.60. The minimum absolute atomic E-state index is 0. The van der Waals surface area contributed by atoms with Gasteiger partial charge in [0.25, 0.3) is 17.7 Å². The van der Waals surface area contributed by atoms with Gasteiger partial charge in [0.2, 0.25) is 15.8 Å². The van der Waals surface area contributed by atoms with Crippen molar-refractivity contribution in [2.24, 2.45) is 11.8 Å². The number of amides is 2. The number of nitrogens with zero attached hydrogens (tertiary/aromatic N) is 6. The maximum Gasteiger partial charge on any atom is 0.411 e. The van der Waals surface area contributed by atoms with Gasteiger partial charge in [-0.25, -0.2) is 19.0 Å². The monoisotopic (exact) mass is 856 g/mol. The third-order valence-electron chi connectivity index (χ3n) is 10.6. The van der Waals surface area contributed by atoms with Gasteiger partial charge >= 0.3 is 18.0 Å². The highest BCUT2D eigenvalue weighted by molar-refractivity contribution is 7.98. The van der Waals surface area contributed by atoms with Crippen molar-refractivity contribution in [3.63, 3.8) is 0 Å². The van der Waals surface area contributed by atoms with Crippen LogP contribution in [0, 0.1) is 32.1 Å². The zero-order valence-electron chi connectivity index (χ0n) is 31.4. The van der Waals surface area contributed by atoms with Crippen molar-refractivity contribution in [2.75, 3.05) is 19.9 Å².